The number of para-hydroxylation sites is 1. The van der Waals surface area contributed by atoms with Crippen LogP contribution in [0.1, 0.15) is 65.4 Å². The van der Waals surface area contributed by atoms with Gasteiger partial charge in [-0.25, -0.2) is 0 Å². The van der Waals surface area contributed by atoms with E-state index in [9.17, 15) is 9.59 Å². The Bertz CT molecular complexity index is 951. The number of anilines is 1. The van der Waals surface area contributed by atoms with E-state index in [2.05, 4.69) is 22.4 Å². The molecule has 29 heavy (non-hydrogen) atoms. The van der Waals surface area contributed by atoms with Gasteiger partial charge in [0.1, 0.15) is 5.69 Å². The maximum atomic E-state index is 13.2. The first kappa shape index (κ1) is 19.4. The molecule has 0 bridgehead atoms. The summed E-state index contributed by atoms with van der Waals surface area (Å²) in [7, 11) is 0. The van der Waals surface area contributed by atoms with Crippen molar-refractivity contribution in [2.75, 3.05) is 11.4 Å². The van der Waals surface area contributed by atoms with Crippen LogP contribution in [-0.4, -0.2) is 29.4 Å². The molecular weight excluding hydrogens is 362 g/mol. The fourth-order valence-corrected chi connectivity index (χ4v) is 4.26. The molecule has 0 saturated carbocycles. The molecule has 1 unspecified atom stereocenters. The number of benzene rings is 1. The summed E-state index contributed by atoms with van der Waals surface area (Å²) in [6, 6.07) is 11.4. The minimum Gasteiger partial charge on any atom is -0.350 e. The number of fused-ring (bicyclic) bond motifs is 1. The Balaban J connectivity index is 1.43. The zero-order chi connectivity index (χ0) is 20.2. The van der Waals surface area contributed by atoms with E-state index in [1.54, 1.807) is 18.3 Å². The second kappa shape index (κ2) is 8.60. The van der Waals surface area contributed by atoms with Gasteiger partial charge in [-0.15, -0.1) is 0 Å². The van der Waals surface area contributed by atoms with E-state index in [1.165, 1.54) is 24.0 Å². The summed E-state index contributed by atoms with van der Waals surface area (Å²) in [4.78, 5) is 31.7. The van der Waals surface area contributed by atoms with Crippen molar-refractivity contribution in [2.45, 2.75) is 51.5 Å². The summed E-state index contributed by atoms with van der Waals surface area (Å²) in [6.07, 6.45) is 10.3. The molecule has 2 heterocycles. The number of nitrogens with one attached hydrogen (secondary N) is 1. The number of pyridine rings is 1. The molecule has 1 aliphatic carbocycles. The van der Waals surface area contributed by atoms with Gasteiger partial charge in [0, 0.05) is 30.0 Å². The first-order valence-electron chi connectivity index (χ1n) is 10.5. The van der Waals surface area contributed by atoms with Crippen LogP contribution in [0.15, 0.2) is 54.2 Å². The van der Waals surface area contributed by atoms with Gasteiger partial charge in [-0.2, -0.15) is 0 Å². The molecule has 1 aromatic carbocycles. The third kappa shape index (κ3) is 4.24. The molecule has 1 aliphatic heterocycles. The predicted molar refractivity (Wildman–Crippen MR) is 114 cm³/mol. The van der Waals surface area contributed by atoms with Crippen LogP contribution in [0.2, 0.25) is 0 Å². The summed E-state index contributed by atoms with van der Waals surface area (Å²) in [5.74, 6) is -0.322. The number of rotatable bonds is 5. The Morgan fingerprint density at radius 2 is 2.07 bits per heavy atom. The number of hydrogen-bond acceptors (Lipinski definition) is 3. The molecule has 1 N–H and O–H groups in total. The lowest BCUT2D eigenvalue weighted by atomic mass is 9.97. The maximum absolute atomic E-state index is 13.2. The average molecular weight is 389 g/mol. The maximum Gasteiger partial charge on any atom is 0.269 e. The van der Waals surface area contributed by atoms with Crippen molar-refractivity contribution in [3.63, 3.8) is 0 Å². The molecule has 0 radical (unpaired) electrons. The Kier molecular flexibility index (Phi) is 5.74. The molecule has 2 aliphatic rings. The highest BCUT2D eigenvalue weighted by Crippen LogP contribution is 2.33. The van der Waals surface area contributed by atoms with Crippen LogP contribution in [0.4, 0.5) is 5.69 Å². The van der Waals surface area contributed by atoms with Gasteiger partial charge in [-0.1, -0.05) is 29.8 Å². The number of allylic oxidation sites excluding steroid dienone is 1. The zero-order valence-corrected chi connectivity index (χ0v) is 16.9. The van der Waals surface area contributed by atoms with Crippen LogP contribution in [0, 0.1) is 0 Å². The number of carbonyl (C=O) groups is 2. The first-order valence-corrected chi connectivity index (χ1v) is 10.5. The monoisotopic (exact) mass is 389 g/mol. The van der Waals surface area contributed by atoms with Crippen LogP contribution in [0.3, 0.4) is 0 Å². The molecule has 0 spiro atoms. The van der Waals surface area contributed by atoms with E-state index >= 15 is 0 Å². The fourth-order valence-electron chi connectivity index (χ4n) is 4.26. The van der Waals surface area contributed by atoms with Crippen LogP contribution >= 0.6 is 0 Å². The van der Waals surface area contributed by atoms with E-state index < -0.39 is 0 Å². The summed E-state index contributed by atoms with van der Waals surface area (Å²) >= 11 is 0. The molecule has 0 saturated heterocycles. The fraction of sp³-hybridized carbons (Fsp3) is 0.375. The highest BCUT2D eigenvalue weighted by atomic mass is 16.2. The molecular formula is C24H27N3O2. The van der Waals surface area contributed by atoms with E-state index in [1.807, 2.05) is 30.0 Å². The molecule has 5 nitrogen and oxygen atoms in total. The van der Waals surface area contributed by atoms with Crippen LogP contribution in [0.25, 0.3) is 0 Å². The molecule has 2 aromatic rings. The second-order valence-corrected chi connectivity index (χ2v) is 7.90. The SMILES string of the molecule is CC1Cc2ccccc2N1C(=O)c1ccnc(C(=O)NCCC2=CCCCC2)c1. The van der Waals surface area contributed by atoms with E-state index in [-0.39, 0.29) is 23.6 Å². The van der Waals surface area contributed by atoms with E-state index in [0.29, 0.717) is 12.1 Å². The lowest BCUT2D eigenvalue weighted by Crippen LogP contribution is -2.36. The van der Waals surface area contributed by atoms with Crippen molar-refractivity contribution in [3.05, 3.63) is 71.1 Å². The topological polar surface area (TPSA) is 62.3 Å². The number of hydrogen-bond donors (Lipinski definition) is 1. The second-order valence-electron chi connectivity index (χ2n) is 7.90. The van der Waals surface area contributed by atoms with Crippen LogP contribution in [0.5, 0.6) is 0 Å². The Morgan fingerprint density at radius 3 is 2.90 bits per heavy atom. The average Bonchev–Trinajstić information content (AvgIpc) is 3.09. The standard InChI is InChI=1S/C24H27N3O2/c1-17-15-19-9-5-6-10-22(19)27(17)24(29)20-12-14-25-21(16-20)23(28)26-13-11-18-7-3-2-4-8-18/h5-7,9-10,12,14,16-17H,2-4,8,11,13,15H2,1H3,(H,26,28). The zero-order valence-electron chi connectivity index (χ0n) is 16.9. The van der Waals surface area contributed by atoms with Crippen LogP contribution in [-0.2, 0) is 6.42 Å². The number of carbonyl (C=O) groups excluding carboxylic acids is 2. The molecule has 2 amide bonds. The largest absolute Gasteiger partial charge is 0.350 e. The molecule has 0 fully saturated rings. The Morgan fingerprint density at radius 1 is 1.21 bits per heavy atom. The summed E-state index contributed by atoms with van der Waals surface area (Å²) in [6.45, 7) is 2.65. The van der Waals surface area contributed by atoms with Gasteiger partial charge >= 0.3 is 0 Å². The lowest BCUT2D eigenvalue weighted by molar-refractivity contribution is 0.0949. The Hall–Kier alpha value is -2.95. The van der Waals surface area contributed by atoms with Crippen molar-refractivity contribution >= 4 is 17.5 Å². The van der Waals surface area contributed by atoms with Crippen molar-refractivity contribution in [1.82, 2.24) is 10.3 Å². The third-order valence-electron chi connectivity index (χ3n) is 5.78. The van der Waals surface area contributed by atoms with Gasteiger partial charge in [-0.05, 0) is 69.2 Å². The normalized spacial score (nSPS) is 18.2. The van der Waals surface area contributed by atoms with E-state index in [4.69, 9.17) is 0 Å². The molecule has 150 valence electrons. The predicted octanol–water partition coefficient (Wildman–Crippen LogP) is 4.29. The highest BCUT2D eigenvalue weighted by Gasteiger charge is 2.31. The number of aromatic nitrogens is 1. The van der Waals surface area contributed by atoms with Gasteiger partial charge in [0.2, 0.25) is 0 Å². The molecule has 4 rings (SSSR count). The minimum atomic E-state index is -0.231. The first-order chi connectivity index (χ1) is 14.1. The van der Waals surface area contributed by atoms with Crippen molar-refractivity contribution < 1.29 is 9.59 Å². The van der Waals surface area contributed by atoms with Gasteiger partial charge in [0.15, 0.2) is 0 Å². The Labute approximate surface area is 171 Å². The molecule has 1 aromatic heterocycles. The quantitative estimate of drug-likeness (QED) is 0.776. The third-order valence-corrected chi connectivity index (χ3v) is 5.78. The molecule has 1 atom stereocenters. The number of nitrogens with zero attached hydrogens (tertiary/aromatic N) is 2. The van der Waals surface area contributed by atoms with Crippen molar-refractivity contribution in [3.8, 4) is 0 Å². The van der Waals surface area contributed by atoms with Gasteiger partial charge < -0.3 is 10.2 Å². The smallest absolute Gasteiger partial charge is 0.269 e. The highest BCUT2D eigenvalue weighted by molar-refractivity contribution is 6.08. The van der Waals surface area contributed by atoms with Gasteiger partial charge in [-0.3, -0.25) is 14.6 Å². The van der Waals surface area contributed by atoms with E-state index in [0.717, 1.165) is 31.4 Å². The lowest BCUT2D eigenvalue weighted by Gasteiger charge is -2.23. The van der Waals surface area contributed by atoms with Gasteiger partial charge in [0.25, 0.3) is 11.8 Å². The number of amides is 2. The summed E-state index contributed by atoms with van der Waals surface area (Å²) in [5.41, 5.74) is 4.33. The van der Waals surface area contributed by atoms with Crippen LogP contribution < -0.4 is 10.2 Å². The summed E-state index contributed by atoms with van der Waals surface area (Å²) < 4.78 is 0. The molecule has 5 heteroatoms. The summed E-state index contributed by atoms with van der Waals surface area (Å²) in [5, 5.41) is 2.94. The van der Waals surface area contributed by atoms with Crippen molar-refractivity contribution in [1.29, 1.82) is 0 Å². The van der Waals surface area contributed by atoms with Gasteiger partial charge in [0.05, 0.1) is 0 Å². The minimum absolute atomic E-state index is 0.0914. The van der Waals surface area contributed by atoms with Crippen molar-refractivity contribution in [2.24, 2.45) is 0 Å².